The Kier molecular flexibility index (Phi) is 2.75. The largest absolute Gasteiger partial charge is 0.497 e. The van der Waals surface area contributed by atoms with E-state index in [-0.39, 0.29) is 11.5 Å². The van der Waals surface area contributed by atoms with Crippen molar-refractivity contribution < 1.29 is 4.74 Å². The molecule has 4 N–H and O–H groups in total. The summed E-state index contributed by atoms with van der Waals surface area (Å²) in [6.07, 6.45) is 1.39. The number of aromatic nitrogens is 4. The number of nitrogen functional groups attached to an aromatic ring is 1. The molecule has 0 saturated carbocycles. The van der Waals surface area contributed by atoms with Crippen LogP contribution in [-0.2, 0) is 0 Å². The fourth-order valence-electron chi connectivity index (χ4n) is 1.80. The molecule has 0 unspecified atom stereocenters. The van der Waals surface area contributed by atoms with E-state index in [2.05, 4.69) is 20.5 Å². The number of fused-ring (bicyclic) bond motifs is 1. The Labute approximate surface area is 113 Å². The van der Waals surface area contributed by atoms with E-state index in [0.717, 1.165) is 16.1 Å². The van der Waals surface area contributed by atoms with E-state index in [1.54, 1.807) is 31.4 Å². The van der Waals surface area contributed by atoms with Crippen LogP contribution in [0.4, 0.5) is 11.6 Å². The third kappa shape index (κ3) is 1.92. The van der Waals surface area contributed by atoms with Crippen molar-refractivity contribution in [2.24, 2.45) is 0 Å². The molecule has 1 aromatic carbocycles. The van der Waals surface area contributed by atoms with Crippen LogP contribution in [0.25, 0.3) is 11.0 Å². The molecular formula is C12H12N6O2. The summed E-state index contributed by atoms with van der Waals surface area (Å²) in [5, 5.41) is 9.73. The lowest BCUT2D eigenvalue weighted by atomic mass is 10.3. The lowest BCUT2D eigenvalue weighted by Gasteiger charge is -2.09. The Morgan fingerprint density at radius 1 is 1.35 bits per heavy atom. The van der Waals surface area contributed by atoms with Crippen LogP contribution in [0.5, 0.6) is 5.75 Å². The number of benzene rings is 1. The Morgan fingerprint density at radius 2 is 2.10 bits per heavy atom. The molecule has 0 aliphatic rings. The van der Waals surface area contributed by atoms with Gasteiger partial charge in [-0.2, -0.15) is 14.8 Å². The van der Waals surface area contributed by atoms with E-state index >= 15 is 0 Å². The zero-order valence-corrected chi connectivity index (χ0v) is 10.6. The molecule has 0 spiro atoms. The molecule has 0 atom stereocenters. The highest BCUT2D eigenvalue weighted by molar-refractivity contribution is 5.74. The van der Waals surface area contributed by atoms with Crippen LogP contribution >= 0.6 is 0 Å². The molecule has 2 aromatic heterocycles. The SMILES string of the molecule is COc1ccc(Nc2nc3[nH]ncc3c(=O)n2N)cc1. The van der Waals surface area contributed by atoms with Gasteiger partial charge in [0, 0.05) is 5.69 Å². The van der Waals surface area contributed by atoms with Gasteiger partial charge in [0.05, 0.1) is 13.3 Å². The van der Waals surface area contributed by atoms with Crippen LogP contribution in [0.1, 0.15) is 0 Å². The van der Waals surface area contributed by atoms with Gasteiger partial charge in [-0.15, -0.1) is 0 Å². The number of nitrogens with two attached hydrogens (primary N) is 1. The van der Waals surface area contributed by atoms with Gasteiger partial charge in [-0.25, -0.2) is 0 Å². The molecule has 8 heteroatoms. The number of ether oxygens (including phenoxy) is 1. The van der Waals surface area contributed by atoms with Crippen LogP contribution in [0.2, 0.25) is 0 Å². The number of aromatic amines is 1. The van der Waals surface area contributed by atoms with E-state index in [1.807, 2.05) is 0 Å². The average molecular weight is 272 g/mol. The Hall–Kier alpha value is -3.03. The monoisotopic (exact) mass is 272 g/mol. The fraction of sp³-hybridized carbons (Fsp3) is 0.0833. The minimum Gasteiger partial charge on any atom is -0.497 e. The summed E-state index contributed by atoms with van der Waals surface area (Å²) in [4.78, 5) is 16.2. The summed E-state index contributed by atoms with van der Waals surface area (Å²) < 4.78 is 6.02. The number of hydrogen-bond donors (Lipinski definition) is 3. The van der Waals surface area contributed by atoms with Crippen LogP contribution in [0, 0.1) is 0 Å². The van der Waals surface area contributed by atoms with Gasteiger partial charge in [0.2, 0.25) is 5.95 Å². The van der Waals surface area contributed by atoms with E-state index in [9.17, 15) is 4.79 Å². The lowest BCUT2D eigenvalue weighted by Crippen LogP contribution is -2.30. The highest BCUT2D eigenvalue weighted by Crippen LogP contribution is 2.18. The zero-order valence-electron chi connectivity index (χ0n) is 10.6. The molecule has 0 aliphatic heterocycles. The molecule has 8 nitrogen and oxygen atoms in total. The molecule has 3 rings (SSSR count). The fourth-order valence-corrected chi connectivity index (χ4v) is 1.80. The topological polar surface area (TPSA) is 111 Å². The van der Waals surface area contributed by atoms with Crippen molar-refractivity contribution in [3.8, 4) is 5.75 Å². The van der Waals surface area contributed by atoms with Crippen molar-refractivity contribution in [1.82, 2.24) is 19.9 Å². The molecule has 2 heterocycles. The highest BCUT2D eigenvalue weighted by Gasteiger charge is 2.10. The van der Waals surface area contributed by atoms with Crippen molar-refractivity contribution in [1.29, 1.82) is 0 Å². The predicted molar refractivity (Wildman–Crippen MR) is 74.6 cm³/mol. The predicted octanol–water partition coefficient (Wildman–Crippen LogP) is 0.586. The number of nitrogens with zero attached hydrogens (tertiary/aromatic N) is 3. The minimum absolute atomic E-state index is 0.219. The van der Waals surface area contributed by atoms with Gasteiger partial charge in [-0.1, -0.05) is 0 Å². The lowest BCUT2D eigenvalue weighted by molar-refractivity contribution is 0.415. The highest BCUT2D eigenvalue weighted by atomic mass is 16.5. The standard InChI is InChI=1S/C12H12N6O2/c1-20-8-4-2-7(3-5-8)15-12-16-10-9(6-14-17-10)11(19)18(12)13/h2-6H,13H2,1H3,(H2,14,15,16,17). The zero-order chi connectivity index (χ0) is 14.1. The Bertz CT molecular complexity index is 805. The maximum Gasteiger partial charge on any atom is 0.284 e. The van der Waals surface area contributed by atoms with Gasteiger partial charge < -0.3 is 15.9 Å². The first-order valence-corrected chi connectivity index (χ1v) is 5.81. The van der Waals surface area contributed by atoms with Crippen molar-refractivity contribution >= 4 is 22.7 Å². The number of methoxy groups -OCH3 is 1. The van der Waals surface area contributed by atoms with Crippen molar-refractivity contribution in [2.75, 3.05) is 18.3 Å². The Morgan fingerprint density at radius 3 is 2.80 bits per heavy atom. The van der Waals surface area contributed by atoms with Gasteiger partial charge in [0.25, 0.3) is 5.56 Å². The molecule has 20 heavy (non-hydrogen) atoms. The van der Waals surface area contributed by atoms with Crippen molar-refractivity contribution in [2.45, 2.75) is 0 Å². The molecular weight excluding hydrogens is 260 g/mol. The second kappa shape index (κ2) is 4.57. The summed E-state index contributed by atoms with van der Waals surface area (Å²) >= 11 is 0. The second-order valence-corrected chi connectivity index (χ2v) is 4.10. The third-order valence-electron chi connectivity index (χ3n) is 2.86. The van der Waals surface area contributed by atoms with Crippen LogP contribution in [0.15, 0.2) is 35.3 Å². The summed E-state index contributed by atoms with van der Waals surface area (Å²) in [6.45, 7) is 0. The van der Waals surface area contributed by atoms with E-state index in [0.29, 0.717) is 11.0 Å². The molecule has 0 amide bonds. The maximum absolute atomic E-state index is 12.0. The second-order valence-electron chi connectivity index (χ2n) is 4.10. The maximum atomic E-state index is 12.0. The first-order chi connectivity index (χ1) is 9.69. The van der Waals surface area contributed by atoms with Crippen molar-refractivity contribution in [3.63, 3.8) is 0 Å². The minimum atomic E-state index is -0.375. The number of rotatable bonds is 3. The quantitative estimate of drug-likeness (QED) is 0.602. The van der Waals surface area contributed by atoms with Gasteiger partial charge in [-0.3, -0.25) is 9.89 Å². The first kappa shape index (κ1) is 12.0. The summed E-state index contributed by atoms with van der Waals surface area (Å²) in [5.41, 5.74) is 0.739. The molecule has 0 aliphatic carbocycles. The van der Waals surface area contributed by atoms with Gasteiger partial charge >= 0.3 is 0 Å². The molecule has 0 fully saturated rings. The van der Waals surface area contributed by atoms with Crippen molar-refractivity contribution in [3.05, 3.63) is 40.8 Å². The Balaban J connectivity index is 2.01. The van der Waals surface area contributed by atoms with Crippen LogP contribution in [-0.4, -0.2) is 27.0 Å². The van der Waals surface area contributed by atoms with E-state index < -0.39 is 0 Å². The summed E-state index contributed by atoms with van der Waals surface area (Å²) in [5.74, 6) is 6.68. The molecule has 0 bridgehead atoms. The smallest absolute Gasteiger partial charge is 0.284 e. The summed E-state index contributed by atoms with van der Waals surface area (Å²) in [7, 11) is 1.59. The molecule has 3 aromatic rings. The summed E-state index contributed by atoms with van der Waals surface area (Å²) in [6, 6.07) is 7.16. The average Bonchev–Trinajstić information content (AvgIpc) is 2.93. The van der Waals surface area contributed by atoms with Gasteiger partial charge in [0.1, 0.15) is 11.1 Å². The number of nitrogens with one attached hydrogen (secondary N) is 2. The molecule has 102 valence electrons. The molecule has 0 radical (unpaired) electrons. The van der Waals surface area contributed by atoms with E-state index in [4.69, 9.17) is 10.6 Å². The van der Waals surface area contributed by atoms with Gasteiger partial charge in [0.15, 0.2) is 5.65 Å². The van der Waals surface area contributed by atoms with Gasteiger partial charge in [-0.05, 0) is 24.3 Å². The number of anilines is 2. The van der Waals surface area contributed by atoms with E-state index in [1.165, 1.54) is 6.20 Å². The third-order valence-corrected chi connectivity index (χ3v) is 2.86. The van der Waals surface area contributed by atoms with Crippen LogP contribution in [0.3, 0.4) is 0 Å². The van der Waals surface area contributed by atoms with Crippen LogP contribution < -0.4 is 21.5 Å². The first-order valence-electron chi connectivity index (χ1n) is 5.81. The molecule has 0 saturated heterocycles. The number of hydrogen-bond acceptors (Lipinski definition) is 6. The number of H-pyrrole nitrogens is 1. The normalized spacial score (nSPS) is 10.7.